The molecule has 1 atom stereocenters. The molecule has 156 valence electrons. The smallest absolute Gasteiger partial charge is 0.509 e. The molecule has 2 heterocycles. The minimum Gasteiger partial charge on any atom is -0.509 e. The number of fused-ring (bicyclic) bond motifs is 1. The van der Waals surface area contributed by atoms with Crippen LogP contribution in [0.1, 0.15) is 18.1 Å². The maximum Gasteiger partial charge on any atom is 0.707 e. The number of hydrazone groups is 1. The van der Waals surface area contributed by atoms with E-state index in [9.17, 15) is 8.42 Å². The zero-order valence-electron chi connectivity index (χ0n) is 16.1. The van der Waals surface area contributed by atoms with Gasteiger partial charge in [-0.25, -0.2) is 5.01 Å². The van der Waals surface area contributed by atoms with Crippen molar-refractivity contribution in [1.82, 2.24) is 5.01 Å². The van der Waals surface area contributed by atoms with E-state index in [2.05, 4.69) is 9.50 Å². The summed E-state index contributed by atoms with van der Waals surface area (Å²) in [6.07, 6.45) is -0.308. The molecule has 12 heteroatoms. The zero-order valence-corrected chi connectivity index (χ0v) is 16.9. The lowest BCUT2D eigenvalue weighted by atomic mass is 10.1. The van der Waals surface area contributed by atoms with Crippen molar-refractivity contribution in [3.8, 4) is 11.5 Å². The molecule has 0 amide bonds. The van der Waals surface area contributed by atoms with Gasteiger partial charge in [-0.1, -0.05) is 12.1 Å². The normalized spacial score (nSPS) is 19.3. The lowest BCUT2D eigenvalue weighted by Gasteiger charge is -2.29. The standard InChI is InChI=1S/C18H18BN3O7S/c1-11-10-22(17-13-5-3-4-6-16(13)30(25,26)21-17)20-18(28-11)12-7-8-14(29-19(23)24)15(9-12)27-2/h3-9,11,23-24H,10H2,1-2H3. The molecule has 2 N–H and O–H groups in total. The summed E-state index contributed by atoms with van der Waals surface area (Å²) in [5.41, 5.74) is 1.01. The molecule has 0 spiro atoms. The van der Waals surface area contributed by atoms with Gasteiger partial charge in [0.15, 0.2) is 11.6 Å². The predicted molar refractivity (Wildman–Crippen MR) is 108 cm³/mol. The molecule has 0 fully saturated rings. The van der Waals surface area contributed by atoms with Crippen molar-refractivity contribution < 1.29 is 32.6 Å². The molecule has 1 unspecified atom stereocenters. The van der Waals surface area contributed by atoms with Crippen molar-refractivity contribution in [1.29, 1.82) is 0 Å². The average molecular weight is 431 g/mol. The molecule has 0 aliphatic carbocycles. The van der Waals surface area contributed by atoms with Gasteiger partial charge in [0.05, 0.1) is 13.7 Å². The van der Waals surface area contributed by atoms with Gasteiger partial charge < -0.3 is 24.2 Å². The van der Waals surface area contributed by atoms with Gasteiger partial charge in [-0.3, -0.25) is 0 Å². The Bertz CT molecular complexity index is 1150. The van der Waals surface area contributed by atoms with E-state index < -0.39 is 17.3 Å². The first-order valence-electron chi connectivity index (χ1n) is 8.97. The number of hydrogen-bond donors (Lipinski definition) is 2. The Kier molecular flexibility index (Phi) is 5.14. The van der Waals surface area contributed by atoms with Gasteiger partial charge in [-0.2, -0.15) is 8.42 Å². The highest BCUT2D eigenvalue weighted by Gasteiger charge is 2.34. The van der Waals surface area contributed by atoms with E-state index in [0.717, 1.165) is 0 Å². The number of hydrogen-bond acceptors (Lipinski definition) is 9. The number of rotatable bonds is 4. The second-order valence-electron chi connectivity index (χ2n) is 6.61. The fourth-order valence-corrected chi connectivity index (χ4v) is 4.40. The largest absolute Gasteiger partial charge is 0.707 e. The van der Waals surface area contributed by atoms with Gasteiger partial charge in [-0.15, -0.1) is 9.50 Å². The number of sulfonamides is 1. The van der Waals surface area contributed by atoms with Crippen LogP contribution in [0, 0.1) is 0 Å². The fraction of sp³-hybridized carbons (Fsp3) is 0.222. The van der Waals surface area contributed by atoms with Gasteiger partial charge in [0, 0.05) is 11.1 Å². The van der Waals surface area contributed by atoms with Crippen molar-refractivity contribution in [2.75, 3.05) is 13.7 Å². The highest BCUT2D eigenvalue weighted by molar-refractivity contribution is 7.90. The van der Waals surface area contributed by atoms with Gasteiger partial charge in [-0.05, 0) is 37.3 Å². The Labute approximate surface area is 173 Å². The monoisotopic (exact) mass is 431 g/mol. The van der Waals surface area contributed by atoms with E-state index in [-0.39, 0.29) is 34.2 Å². The first-order chi connectivity index (χ1) is 14.3. The summed E-state index contributed by atoms with van der Waals surface area (Å²) < 4.78 is 44.6. The van der Waals surface area contributed by atoms with Crippen molar-refractivity contribution in [3.05, 3.63) is 53.6 Å². The third-order valence-corrected chi connectivity index (χ3v) is 5.78. The van der Waals surface area contributed by atoms with E-state index in [1.165, 1.54) is 24.3 Å². The van der Waals surface area contributed by atoms with Gasteiger partial charge >= 0.3 is 7.32 Å². The Morgan fingerprint density at radius 1 is 1.20 bits per heavy atom. The highest BCUT2D eigenvalue weighted by Crippen LogP contribution is 2.31. The molecule has 0 saturated heterocycles. The van der Waals surface area contributed by atoms with E-state index >= 15 is 0 Å². The minimum absolute atomic E-state index is 0.123. The number of methoxy groups -OCH3 is 1. The van der Waals surface area contributed by atoms with Crippen LogP contribution in [0.3, 0.4) is 0 Å². The maximum atomic E-state index is 12.4. The molecule has 0 aromatic heterocycles. The lowest BCUT2D eigenvalue weighted by molar-refractivity contribution is 0.142. The van der Waals surface area contributed by atoms with Crippen molar-refractivity contribution in [2.45, 2.75) is 17.9 Å². The van der Waals surface area contributed by atoms with E-state index in [4.69, 9.17) is 24.2 Å². The molecule has 4 rings (SSSR count). The number of benzene rings is 2. The third kappa shape index (κ3) is 3.72. The number of amidine groups is 1. The maximum absolute atomic E-state index is 12.4. The molecule has 2 aromatic carbocycles. The Balaban J connectivity index is 1.73. The third-order valence-electron chi connectivity index (χ3n) is 4.45. The molecule has 2 aromatic rings. The Morgan fingerprint density at radius 2 is 1.97 bits per heavy atom. The lowest BCUT2D eigenvalue weighted by Crippen LogP contribution is -2.40. The van der Waals surface area contributed by atoms with Crippen LogP contribution in [0.2, 0.25) is 0 Å². The average Bonchev–Trinajstić information content (AvgIpc) is 2.99. The molecule has 2 aliphatic heterocycles. The topological polar surface area (TPSA) is 130 Å². The van der Waals surface area contributed by atoms with Crippen molar-refractivity contribution >= 4 is 29.1 Å². The molecule has 0 saturated carbocycles. The Hall–Kier alpha value is -3.09. The van der Waals surface area contributed by atoms with E-state index in [1.807, 2.05) is 6.92 Å². The van der Waals surface area contributed by atoms with Crippen molar-refractivity contribution in [3.63, 3.8) is 0 Å². The summed E-state index contributed by atoms with van der Waals surface area (Å²) in [6, 6.07) is 11.2. The van der Waals surface area contributed by atoms with Crippen LogP contribution in [-0.2, 0) is 14.8 Å². The predicted octanol–water partition coefficient (Wildman–Crippen LogP) is 0.575. The molecular formula is C18H18BN3O7S. The second-order valence-corrected chi connectivity index (χ2v) is 8.18. The van der Waals surface area contributed by atoms with E-state index in [0.29, 0.717) is 17.7 Å². The van der Waals surface area contributed by atoms with Crippen molar-refractivity contribution in [2.24, 2.45) is 9.50 Å². The van der Waals surface area contributed by atoms with Crippen LogP contribution in [0.5, 0.6) is 11.5 Å². The minimum atomic E-state index is -3.78. The van der Waals surface area contributed by atoms with Crippen LogP contribution in [0.15, 0.2) is 56.9 Å². The summed E-state index contributed by atoms with van der Waals surface area (Å²) >= 11 is 0. The summed E-state index contributed by atoms with van der Waals surface area (Å²) in [5.74, 6) is 0.821. The molecular weight excluding hydrogens is 413 g/mol. The summed E-state index contributed by atoms with van der Waals surface area (Å²) in [7, 11) is -4.37. The Morgan fingerprint density at radius 3 is 2.70 bits per heavy atom. The summed E-state index contributed by atoms with van der Waals surface area (Å²) in [5, 5.41) is 24.0. The van der Waals surface area contributed by atoms with Gasteiger partial charge in [0.1, 0.15) is 16.7 Å². The SMILES string of the molecule is COc1cc(C2=NN(C3=NS(=O)(=O)c4ccccc43)CC(C)O2)ccc1OB(O)O. The highest BCUT2D eigenvalue weighted by atomic mass is 32.2. The molecule has 30 heavy (non-hydrogen) atoms. The van der Waals surface area contributed by atoms with Crippen LogP contribution in [0.25, 0.3) is 0 Å². The first kappa shape index (κ1) is 20.2. The van der Waals surface area contributed by atoms with Crippen LogP contribution >= 0.6 is 0 Å². The van der Waals surface area contributed by atoms with Gasteiger partial charge in [0.2, 0.25) is 5.90 Å². The second kappa shape index (κ2) is 7.63. The van der Waals surface area contributed by atoms with Crippen LogP contribution < -0.4 is 9.39 Å². The fourth-order valence-electron chi connectivity index (χ4n) is 3.19. The molecule has 2 aliphatic rings. The molecule has 0 radical (unpaired) electrons. The molecule has 0 bridgehead atoms. The number of nitrogens with zero attached hydrogens (tertiary/aromatic N) is 3. The van der Waals surface area contributed by atoms with Crippen LogP contribution in [-0.4, -0.2) is 62.3 Å². The quantitative estimate of drug-likeness (QED) is 0.673. The van der Waals surface area contributed by atoms with Crippen LogP contribution in [0.4, 0.5) is 0 Å². The zero-order chi connectivity index (χ0) is 21.5. The molecule has 10 nitrogen and oxygen atoms in total. The summed E-state index contributed by atoms with van der Waals surface area (Å²) in [4.78, 5) is 0.140. The van der Waals surface area contributed by atoms with Gasteiger partial charge in [0.25, 0.3) is 10.0 Å². The number of ether oxygens (including phenoxy) is 2. The first-order valence-corrected chi connectivity index (χ1v) is 10.4. The van der Waals surface area contributed by atoms with E-state index in [1.54, 1.807) is 30.3 Å². The summed E-state index contributed by atoms with van der Waals surface area (Å²) in [6.45, 7) is 2.13.